The summed E-state index contributed by atoms with van der Waals surface area (Å²) in [5, 5.41) is 13.8. The van der Waals surface area contributed by atoms with Gasteiger partial charge in [-0.2, -0.15) is 4.98 Å². The number of methoxy groups -OCH3 is 1. The number of aromatic nitrogens is 1. The maximum Gasteiger partial charge on any atom is 0.230 e. The molecule has 20 heavy (non-hydrogen) atoms. The molecule has 0 spiro atoms. The van der Waals surface area contributed by atoms with E-state index in [1.54, 1.807) is 18.4 Å². The van der Waals surface area contributed by atoms with E-state index >= 15 is 0 Å². The molecule has 0 saturated heterocycles. The van der Waals surface area contributed by atoms with E-state index in [0.717, 1.165) is 35.4 Å². The van der Waals surface area contributed by atoms with Gasteiger partial charge in [0.2, 0.25) is 5.88 Å². The molecule has 1 heterocycles. The van der Waals surface area contributed by atoms with E-state index in [1.807, 2.05) is 19.0 Å². The second-order valence-corrected chi connectivity index (χ2v) is 6.65. The van der Waals surface area contributed by atoms with Crippen LogP contribution in [0.5, 0.6) is 5.88 Å². The fraction of sp³-hybridized carbons (Fsp3) is 0.786. The van der Waals surface area contributed by atoms with Gasteiger partial charge >= 0.3 is 0 Å². The summed E-state index contributed by atoms with van der Waals surface area (Å²) in [5.41, 5.74) is 0. The molecule has 1 aliphatic rings. The minimum atomic E-state index is 0.320. The molecule has 2 atom stereocenters. The fourth-order valence-electron chi connectivity index (χ4n) is 2.78. The number of hydrogen-bond acceptors (Lipinski definition) is 6. The zero-order chi connectivity index (χ0) is 14.5. The van der Waals surface area contributed by atoms with Gasteiger partial charge in [0.25, 0.3) is 0 Å². The summed E-state index contributed by atoms with van der Waals surface area (Å²) in [6, 6.07) is 0. The second kappa shape index (κ2) is 7.24. The molecule has 0 radical (unpaired) electrons. The Balaban J connectivity index is 1.87. The molecule has 0 aromatic carbocycles. The van der Waals surface area contributed by atoms with Gasteiger partial charge in [0, 0.05) is 27.2 Å². The van der Waals surface area contributed by atoms with Crippen molar-refractivity contribution < 1.29 is 9.84 Å². The van der Waals surface area contributed by atoms with Crippen LogP contribution in [-0.2, 0) is 6.54 Å². The van der Waals surface area contributed by atoms with Gasteiger partial charge in [-0.25, -0.2) is 0 Å². The van der Waals surface area contributed by atoms with Crippen molar-refractivity contribution in [3.63, 3.8) is 0 Å². The molecule has 0 bridgehead atoms. The lowest BCUT2D eigenvalue weighted by atomic mass is 9.97. The van der Waals surface area contributed by atoms with Crippen LogP contribution in [0.25, 0.3) is 0 Å². The summed E-state index contributed by atoms with van der Waals surface area (Å²) in [5.74, 6) is 1.80. The molecule has 6 heteroatoms. The molecule has 2 unspecified atom stereocenters. The Hall–Kier alpha value is -0.850. The molecule has 2 N–H and O–H groups in total. The average molecular weight is 299 g/mol. The van der Waals surface area contributed by atoms with Crippen molar-refractivity contribution in [2.75, 3.05) is 39.3 Å². The molecule has 1 aromatic rings. The molecular formula is C14H25N3O2S. The monoisotopic (exact) mass is 299 g/mol. The quantitative estimate of drug-likeness (QED) is 0.803. The Morgan fingerprint density at radius 2 is 2.15 bits per heavy atom. The molecule has 1 saturated carbocycles. The second-order valence-electron chi connectivity index (χ2n) is 5.59. The molecule has 1 aromatic heterocycles. The fourth-order valence-corrected chi connectivity index (χ4v) is 3.70. The van der Waals surface area contributed by atoms with Crippen molar-refractivity contribution in [3.05, 3.63) is 4.88 Å². The van der Waals surface area contributed by atoms with E-state index in [4.69, 9.17) is 4.74 Å². The Bertz CT molecular complexity index is 423. The number of aliphatic hydroxyl groups is 1. The first-order valence-corrected chi connectivity index (χ1v) is 8.00. The van der Waals surface area contributed by atoms with Gasteiger partial charge in [-0.1, -0.05) is 17.8 Å². The molecule has 0 aliphatic heterocycles. The average Bonchev–Trinajstić information content (AvgIpc) is 3.04. The van der Waals surface area contributed by atoms with Crippen LogP contribution in [0.4, 0.5) is 5.13 Å². The third kappa shape index (κ3) is 3.62. The third-order valence-electron chi connectivity index (χ3n) is 3.97. The van der Waals surface area contributed by atoms with Gasteiger partial charge in [-0.15, -0.1) is 0 Å². The lowest BCUT2D eigenvalue weighted by Gasteiger charge is -2.17. The number of ether oxygens (including phenoxy) is 1. The summed E-state index contributed by atoms with van der Waals surface area (Å²) < 4.78 is 5.33. The number of anilines is 1. The number of nitrogens with one attached hydrogen (secondary N) is 1. The summed E-state index contributed by atoms with van der Waals surface area (Å²) in [4.78, 5) is 7.58. The SMILES string of the molecule is COc1nc(N(C)C)sc1CNCC1CCCC1CO. The van der Waals surface area contributed by atoms with Crippen LogP contribution < -0.4 is 15.0 Å². The number of rotatable bonds is 7. The molecule has 0 amide bonds. The summed E-state index contributed by atoms with van der Waals surface area (Å²) in [7, 11) is 5.64. The van der Waals surface area contributed by atoms with Crippen LogP contribution in [0.2, 0.25) is 0 Å². The summed E-state index contributed by atoms with van der Waals surface area (Å²) in [6.45, 7) is 2.06. The topological polar surface area (TPSA) is 57.6 Å². The highest BCUT2D eigenvalue weighted by molar-refractivity contribution is 7.15. The highest BCUT2D eigenvalue weighted by atomic mass is 32.1. The first-order chi connectivity index (χ1) is 9.65. The maximum atomic E-state index is 9.34. The highest BCUT2D eigenvalue weighted by Gasteiger charge is 2.26. The Morgan fingerprint density at radius 3 is 2.80 bits per heavy atom. The van der Waals surface area contributed by atoms with E-state index in [9.17, 15) is 5.11 Å². The van der Waals surface area contributed by atoms with Crippen molar-refractivity contribution in [1.82, 2.24) is 10.3 Å². The number of thiazole rings is 1. The lowest BCUT2D eigenvalue weighted by molar-refractivity contribution is 0.192. The van der Waals surface area contributed by atoms with E-state index in [2.05, 4.69) is 10.3 Å². The van der Waals surface area contributed by atoms with Crippen LogP contribution in [0.3, 0.4) is 0 Å². The molecule has 114 valence electrons. The number of aliphatic hydroxyl groups excluding tert-OH is 1. The maximum absolute atomic E-state index is 9.34. The van der Waals surface area contributed by atoms with Crippen molar-refractivity contribution in [3.8, 4) is 5.88 Å². The minimum Gasteiger partial charge on any atom is -0.480 e. The summed E-state index contributed by atoms with van der Waals surface area (Å²) in [6.07, 6.45) is 3.63. The zero-order valence-corrected chi connectivity index (χ0v) is 13.4. The van der Waals surface area contributed by atoms with E-state index in [-0.39, 0.29) is 0 Å². The zero-order valence-electron chi connectivity index (χ0n) is 12.6. The van der Waals surface area contributed by atoms with E-state index in [0.29, 0.717) is 18.4 Å². The molecular weight excluding hydrogens is 274 g/mol. The highest BCUT2D eigenvalue weighted by Crippen LogP contribution is 2.32. The first-order valence-electron chi connectivity index (χ1n) is 7.18. The number of hydrogen-bond donors (Lipinski definition) is 2. The smallest absolute Gasteiger partial charge is 0.230 e. The number of nitrogens with zero attached hydrogens (tertiary/aromatic N) is 2. The van der Waals surface area contributed by atoms with Crippen LogP contribution in [0, 0.1) is 11.8 Å². The van der Waals surface area contributed by atoms with Gasteiger partial charge in [-0.05, 0) is 31.2 Å². The van der Waals surface area contributed by atoms with Gasteiger partial charge in [0.1, 0.15) is 0 Å². The van der Waals surface area contributed by atoms with Gasteiger partial charge in [-0.3, -0.25) is 0 Å². The first kappa shape index (κ1) is 15.5. The van der Waals surface area contributed by atoms with Crippen LogP contribution in [0.15, 0.2) is 0 Å². The van der Waals surface area contributed by atoms with Crippen molar-refractivity contribution in [2.24, 2.45) is 11.8 Å². The molecule has 2 rings (SSSR count). The van der Waals surface area contributed by atoms with Gasteiger partial charge < -0.3 is 20.1 Å². The van der Waals surface area contributed by atoms with Crippen molar-refractivity contribution >= 4 is 16.5 Å². The Kier molecular flexibility index (Phi) is 5.63. The van der Waals surface area contributed by atoms with Crippen LogP contribution in [0.1, 0.15) is 24.1 Å². The molecule has 1 fully saturated rings. The van der Waals surface area contributed by atoms with E-state index < -0.39 is 0 Å². The molecule has 1 aliphatic carbocycles. The van der Waals surface area contributed by atoms with Gasteiger partial charge in [0.15, 0.2) is 5.13 Å². The van der Waals surface area contributed by atoms with Crippen LogP contribution >= 0.6 is 11.3 Å². The normalized spacial score (nSPS) is 22.2. The molecule has 5 nitrogen and oxygen atoms in total. The third-order valence-corrected chi connectivity index (χ3v) is 5.17. The largest absolute Gasteiger partial charge is 0.480 e. The minimum absolute atomic E-state index is 0.320. The van der Waals surface area contributed by atoms with Crippen molar-refractivity contribution in [1.29, 1.82) is 0 Å². The Morgan fingerprint density at radius 1 is 1.40 bits per heavy atom. The predicted molar refractivity (Wildman–Crippen MR) is 82.6 cm³/mol. The lowest BCUT2D eigenvalue weighted by Crippen LogP contribution is -2.26. The Labute approximate surface area is 125 Å². The van der Waals surface area contributed by atoms with Crippen LogP contribution in [-0.4, -0.2) is 44.4 Å². The van der Waals surface area contributed by atoms with Crippen molar-refractivity contribution in [2.45, 2.75) is 25.8 Å². The predicted octanol–water partition coefficient (Wildman–Crippen LogP) is 1.72. The standard InChI is InChI=1S/C14H25N3O2S/c1-17(2)14-16-13(19-3)12(20-14)8-15-7-10-5-4-6-11(10)9-18/h10-11,15,18H,4-9H2,1-3H3. The van der Waals surface area contributed by atoms with Gasteiger partial charge in [0.05, 0.1) is 12.0 Å². The summed E-state index contributed by atoms with van der Waals surface area (Å²) >= 11 is 1.66. The van der Waals surface area contributed by atoms with E-state index in [1.165, 1.54) is 12.8 Å².